The molecule has 10 heteroatoms. The van der Waals surface area contributed by atoms with Crippen molar-refractivity contribution in [3.63, 3.8) is 0 Å². The molecule has 0 saturated heterocycles. The molecule has 0 fully saturated rings. The van der Waals surface area contributed by atoms with E-state index in [1.165, 1.54) is 23.1 Å². The summed E-state index contributed by atoms with van der Waals surface area (Å²) < 4.78 is 5.88. The maximum absolute atomic E-state index is 13.5. The van der Waals surface area contributed by atoms with E-state index >= 15 is 0 Å². The molecule has 0 radical (unpaired) electrons. The molecule has 0 bridgehead atoms. The predicted molar refractivity (Wildman–Crippen MR) is 185 cm³/mol. The van der Waals surface area contributed by atoms with E-state index < -0.39 is 11.8 Å². The topological polar surface area (TPSA) is 109 Å². The molecule has 1 unspecified atom stereocenters. The molecule has 0 saturated carbocycles. The third kappa shape index (κ3) is 9.40. The average Bonchev–Trinajstić information content (AvgIpc) is 3.49. The Morgan fingerprint density at radius 1 is 0.870 bits per heavy atom. The van der Waals surface area contributed by atoms with Gasteiger partial charge in [0.1, 0.15) is 18.1 Å². The number of thioether (sulfide) groups is 1. The van der Waals surface area contributed by atoms with Gasteiger partial charge < -0.3 is 20.7 Å². The van der Waals surface area contributed by atoms with Gasteiger partial charge in [0.15, 0.2) is 5.13 Å². The van der Waals surface area contributed by atoms with E-state index in [1.54, 1.807) is 42.5 Å². The Hall–Kier alpha value is -5.19. The fourth-order valence-corrected chi connectivity index (χ4v) is 5.76. The van der Waals surface area contributed by atoms with Gasteiger partial charge in [-0.1, -0.05) is 60.7 Å². The summed E-state index contributed by atoms with van der Waals surface area (Å²) in [5.41, 5.74) is 3.66. The smallest absolute Gasteiger partial charge is 0.272 e. The van der Waals surface area contributed by atoms with Gasteiger partial charge in [0.05, 0.1) is 10.9 Å². The summed E-state index contributed by atoms with van der Waals surface area (Å²) in [6.07, 6.45) is 1.62. The molecule has 8 nitrogen and oxygen atoms in total. The highest BCUT2D eigenvalue weighted by Gasteiger charge is 2.17. The van der Waals surface area contributed by atoms with Crippen LogP contribution in [0.1, 0.15) is 34.1 Å². The highest BCUT2D eigenvalue weighted by atomic mass is 32.2. The number of anilines is 2. The maximum atomic E-state index is 13.5. The normalized spacial score (nSPS) is 11.7. The van der Waals surface area contributed by atoms with Crippen molar-refractivity contribution in [2.45, 2.75) is 30.6 Å². The van der Waals surface area contributed by atoms with Gasteiger partial charge in [0, 0.05) is 21.5 Å². The summed E-state index contributed by atoms with van der Waals surface area (Å²) in [6, 6.07) is 33.0. The molecule has 0 aliphatic heterocycles. The molecule has 232 valence electrons. The first kappa shape index (κ1) is 32.2. The Morgan fingerprint density at radius 3 is 2.20 bits per heavy atom. The van der Waals surface area contributed by atoms with E-state index in [4.69, 9.17) is 4.74 Å². The van der Waals surface area contributed by atoms with E-state index in [0.29, 0.717) is 34.3 Å². The van der Waals surface area contributed by atoms with Crippen LogP contribution < -0.4 is 20.7 Å². The van der Waals surface area contributed by atoms with Crippen molar-refractivity contribution < 1.29 is 19.1 Å². The number of amides is 3. The number of thiazole rings is 1. The zero-order valence-electron chi connectivity index (χ0n) is 25.2. The Morgan fingerprint density at radius 2 is 1.54 bits per heavy atom. The number of hydrogen-bond acceptors (Lipinski definition) is 7. The van der Waals surface area contributed by atoms with E-state index in [2.05, 4.69) is 20.9 Å². The van der Waals surface area contributed by atoms with E-state index in [1.807, 2.05) is 92.0 Å². The molecule has 0 aliphatic rings. The monoisotopic (exact) mass is 648 g/mol. The summed E-state index contributed by atoms with van der Waals surface area (Å²) in [4.78, 5) is 44.2. The quantitative estimate of drug-likeness (QED) is 0.0952. The fourth-order valence-electron chi connectivity index (χ4n) is 4.20. The van der Waals surface area contributed by atoms with Gasteiger partial charge in [0.25, 0.3) is 11.8 Å². The van der Waals surface area contributed by atoms with Crippen molar-refractivity contribution in [1.29, 1.82) is 0 Å². The minimum absolute atomic E-state index is 0.0768. The Labute approximate surface area is 275 Å². The highest BCUT2D eigenvalue weighted by Crippen LogP contribution is 2.26. The molecule has 0 aliphatic carbocycles. The second kappa shape index (κ2) is 15.7. The van der Waals surface area contributed by atoms with Crippen molar-refractivity contribution >= 4 is 57.7 Å². The lowest BCUT2D eigenvalue weighted by atomic mass is 10.1. The first-order chi connectivity index (χ1) is 22.3. The fraction of sp³-hybridized carbons (Fsp3) is 0.111. The zero-order valence-corrected chi connectivity index (χ0v) is 26.9. The number of rotatable bonds is 12. The van der Waals surface area contributed by atoms with Gasteiger partial charge >= 0.3 is 0 Å². The van der Waals surface area contributed by atoms with Crippen LogP contribution in [0.15, 0.2) is 125 Å². The molecule has 3 N–H and O–H groups in total. The molecule has 4 aromatic carbocycles. The number of ether oxygens (including phenoxy) is 1. The highest BCUT2D eigenvalue weighted by molar-refractivity contribution is 8.00. The van der Waals surface area contributed by atoms with Gasteiger partial charge in [-0.2, -0.15) is 0 Å². The van der Waals surface area contributed by atoms with Crippen LogP contribution in [0.2, 0.25) is 0 Å². The van der Waals surface area contributed by atoms with Crippen LogP contribution >= 0.6 is 23.1 Å². The van der Waals surface area contributed by atoms with Gasteiger partial charge in [-0.3, -0.25) is 14.4 Å². The SMILES string of the molecule is Cc1csc(NC(=O)C(C)Sc2ccc(NC(=O)/C(=C/c3ccc(OCc4ccccc4)cc3)NC(=O)c3ccccc3)cc2)n1. The molecule has 1 heterocycles. The lowest BCUT2D eigenvalue weighted by Gasteiger charge is -2.13. The van der Waals surface area contributed by atoms with Crippen molar-refractivity contribution in [3.8, 4) is 5.75 Å². The number of aromatic nitrogens is 1. The van der Waals surface area contributed by atoms with Crippen LogP contribution in [0.4, 0.5) is 10.8 Å². The Kier molecular flexibility index (Phi) is 11.0. The van der Waals surface area contributed by atoms with Crippen LogP contribution in [0.5, 0.6) is 5.75 Å². The summed E-state index contributed by atoms with van der Waals surface area (Å²) >= 11 is 2.78. The van der Waals surface area contributed by atoms with Crippen molar-refractivity contribution in [2.24, 2.45) is 0 Å². The summed E-state index contributed by atoms with van der Waals surface area (Å²) in [6.45, 7) is 4.14. The lowest BCUT2D eigenvalue weighted by Crippen LogP contribution is -2.30. The lowest BCUT2D eigenvalue weighted by molar-refractivity contribution is -0.115. The van der Waals surface area contributed by atoms with Crippen LogP contribution in [0.25, 0.3) is 6.08 Å². The largest absolute Gasteiger partial charge is 0.489 e. The Bertz CT molecular complexity index is 1810. The van der Waals surface area contributed by atoms with Gasteiger partial charge in [-0.25, -0.2) is 4.98 Å². The number of carbonyl (C=O) groups excluding carboxylic acids is 3. The molecule has 5 rings (SSSR count). The molecular formula is C36H32N4O4S2. The Balaban J connectivity index is 1.25. The molecule has 3 amide bonds. The number of nitrogens with zero attached hydrogens (tertiary/aromatic N) is 1. The molecule has 1 aromatic heterocycles. The van der Waals surface area contributed by atoms with E-state index in [0.717, 1.165) is 16.2 Å². The number of carbonyl (C=O) groups is 3. The van der Waals surface area contributed by atoms with Crippen LogP contribution in [0.3, 0.4) is 0 Å². The van der Waals surface area contributed by atoms with Crippen LogP contribution in [0, 0.1) is 6.92 Å². The van der Waals surface area contributed by atoms with E-state index in [-0.39, 0.29) is 16.9 Å². The van der Waals surface area contributed by atoms with Crippen LogP contribution in [-0.2, 0) is 16.2 Å². The molecule has 0 spiro atoms. The number of aryl methyl sites for hydroxylation is 1. The maximum Gasteiger partial charge on any atom is 0.272 e. The molecule has 1 atom stereocenters. The minimum atomic E-state index is -0.486. The molecule has 46 heavy (non-hydrogen) atoms. The van der Waals surface area contributed by atoms with Gasteiger partial charge in [0.2, 0.25) is 5.91 Å². The van der Waals surface area contributed by atoms with Crippen molar-refractivity contribution in [3.05, 3.63) is 143 Å². The van der Waals surface area contributed by atoms with Crippen molar-refractivity contribution in [1.82, 2.24) is 10.3 Å². The first-order valence-electron chi connectivity index (χ1n) is 14.5. The predicted octanol–water partition coefficient (Wildman–Crippen LogP) is 7.56. The summed E-state index contributed by atoms with van der Waals surface area (Å²) in [7, 11) is 0. The first-order valence-corrected chi connectivity index (χ1v) is 16.2. The van der Waals surface area contributed by atoms with E-state index in [9.17, 15) is 14.4 Å². The third-order valence-corrected chi connectivity index (χ3v) is 8.60. The van der Waals surface area contributed by atoms with Gasteiger partial charge in [-0.05, 0) is 79.6 Å². The number of benzene rings is 4. The molecule has 5 aromatic rings. The second-order valence-electron chi connectivity index (χ2n) is 10.2. The standard InChI is InChI=1S/C36H32N4O4S2/c1-24-23-45-36(37-24)40-33(41)25(2)46-31-19-15-29(16-20-31)38-35(43)32(39-34(42)28-11-7-4-8-12-28)21-26-13-17-30(18-14-26)44-22-27-9-5-3-6-10-27/h3-21,23,25H,22H2,1-2H3,(H,38,43)(H,39,42)(H,37,40,41)/b32-21-. The second-order valence-corrected chi connectivity index (χ2v) is 12.5. The molecular weight excluding hydrogens is 617 g/mol. The van der Waals surface area contributed by atoms with Crippen LogP contribution in [-0.4, -0.2) is 28.0 Å². The average molecular weight is 649 g/mol. The number of nitrogens with one attached hydrogen (secondary N) is 3. The number of hydrogen-bond donors (Lipinski definition) is 3. The minimum Gasteiger partial charge on any atom is -0.489 e. The summed E-state index contributed by atoms with van der Waals surface area (Å²) in [5, 5.41) is 10.6. The van der Waals surface area contributed by atoms with Gasteiger partial charge in [-0.15, -0.1) is 23.1 Å². The zero-order chi connectivity index (χ0) is 32.3. The third-order valence-electron chi connectivity index (χ3n) is 6.61. The van der Waals surface area contributed by atoms with Crippen molar-refractivity contribution in [2.75, 3.05) is 10.6 Å². The summed E-state index contributed by atoms with van der Waals surface area (Å²) in [5.74, 6) is -0.350.